The third-order valence-electron chi connectivity index (χ3n) is 2.57. The molecule has 0 saturated heterocycles. The van der Waals surface area contributed by atoms with Gasteiger partial charge in [0.15, 0.2) is 0 Å². The second kappa shape index (κ2) is 5.44. The molecule has 0 fully saturated rings. The molecule has 0 aliphatic carbocycles. The summed E-state index contributed by atoms with van der Waals surface area (Å²) in [6, 6.07) is 4.47. The van der Waals surface area contributed by atoms with Crippen LogP contribution in [0.2, 0.25) is 0 Å². The van der Waals surface area contributed by atoms with Crippen LogP contribution in [0.4, 0.5) is 22.0 Å². The third-order valence-corrected chi connectivity index (χ3v) is 3.89. The highest BCUT2D eigenvalue weighted by Crippen LogP contribution is 2.40. The summed E-state index contributed by atoms with van der Waals surface area (Å²) >= 11 is 6.03. The molecular formula is C13H5Br2F5. The Morgan fingerprint density at radius 3 is 2.05 bits per heavy atom. The number of hydrogen-bond acceptors (Lipinski definition) is 0. The van der Waals surface area contributed by atoms with Crippen LogP contribution in [-0.4, -0.2) is 0 Å². The average Bonchev–Trinajstić information content (AvgIpc) is 2.28. The van der Waals surface area contributed by atoms with Gasteiger partial charge in [0, 0.05) is 26.1 Å². The molecule has 106 valence electrons. The second-order valence-corrected chi connectivity index (χ2v) is 5.65. The number of benzene rings is 2. The minimum absolute atomic E-state index is 0.01000. The maximum absolute atomic E-state index is 13.8. The van der Waals surface area contributed by atoms with Crippen LogP contribution in [-0.2, 0) is 6.18 Å². The van der Waals surface area contributed by atoms with E-state index < -0.39 is 23.4 Å². The molecule has 0 spiro atoms. The van der Waals surface area contributed by atoms with Crippen molar-refractivity contribution in [1.29, 1.82) is 0 Å². The van der Waals surface area contributed by atoms with E-state index in [-0.39, 0.29) is 20.1 Å². The highest BCUT2D eigenvalue weighted by Gasteiger charge is 2.31. The van der Waals surface area contributed by atoms with Gasteiger partial charge in [0.1, 0.15) is 11.6 Å². The summed E-state index contributed by atoms with van der Waals surface area (Å²) < 4.78 is 65.3. The Bertz CT molecular complexity index is 641. The zero-order chi connectivity index (χ0) is 15.1. The van der Waals surface area contributed by atoms with Gasteiger partial charge < -0.3 is 0 Å². The molecule has 0 amide bonds. The van der Waals surface area contributed by atoms with E-state index in [9.17, 15) is 22.0 Å². The first-order valence-electron chi connectivity index (χ1n) is 5.22. The first-order valence-corrected chi connectivity index (χ1v) is 6.80. The fourth-order valence-corrected chi connectivity index (χ4v) is 2.76. The lowest BCUT2D eigenvalue weighted by Crippen LogP contribution is -2.05. The van der Waals surface area contributed by atoms with Gasteiger partial charge in [-0.3, -0.25) is 0 Å². The predicted molar refractivity (Wildman–Crippen MR) is 72.2 cm³/mol. The largest absolute Gasteiger partial charge is 0.416 e. The van der Waals surface area contributed by atoms with Crippen molar-refractivity contribution in [3.05, 3.63) is 56.5 Å². The van der Waals surface area contributed by atoms with E-state index in [1.54, 1.807) is 0 Å². The van der Waals surface area contributed by atoms with Crippen molar-refractivity contribution in [2.24, 2.45) is 0 Å². The van der Waals surface area contributed by atoms with E-state index in [0.717, 1.165) is 18.2 Å². The third kappa shape index (κ3) is 3.03. The van der Waals surface area contributed by atoms with Gasteiger partial charge in [-0.15, -0.1) is 0 Å². The maximum Gasteiger partial charge on any atom is 0.416 e. The minimum Gasteiger partial charge on any atom is -0.207 e. The van der Waals surface area contributed by atoms with E-state index in [1.165, 1.54) is 6.07 Å². The second-order valence-electron chi connectivity index (χ2n) is 3.94. The number of alkyl halides is 3. The molecule has 2 rings (SSSR count). The number of rotatable bonds is 1. The number of hydrogen-bond donors (Lipinski definition) is 0. The molecule has 0 unspecified atom stereocenters. The molecule has 0 radical (unpaired) electrons. The Labute approximate surface area is 127 Å². The van der Waals surface area contributed by atoms with Gasteiger partial charge in [0.2, 0.25) is 0 Å². The van der Waals surface area contributed by atoms with E-state index in [2.05, 4.69) is 31.9 Å². The monoisotopic (exact) mass is 414 g/mol. The smallest absolute Gasteiger partial charge is 0.207 e. The van der Waals surface area contributed by atoms with Gasteiger partial charge in [-0.05, 0) is 40.2 Å². The first kappa shape index (κ1) is 15.4. The number of halogens is 7. The molecule has 0 atom stereocenters. The van der Waals surface area contributed by atoms with Crippen LogP contribution in [0.15, 0.2) is 39.3 Å². The van der Waals surface area contributed by atoms with Crippen molar-refractivity contribution in [2.75, 3.05) is 0 Å². The average molecular weight is 416 g/mol. The fourth-order valence-electron chi connectivity index (χ4n) is 1.69. The Morgan fingerprint density at radius 1 is 0.850 bits per heavy atom. The molecule has 0 nitrogen and oxygen atoms in total. The summed E-state index contributed by atoms with van der Waals surface area (Å²) in [7, 11) is 0. The van der Waals surface area contributed by atoms with E-state index in [4.69, 9.17) is 0 Å². The molecular weight excluding hydrogens is 411 g/mol. The highest BCUT2D eigenvalue weighted by atomic mass is 79.9. The van der Waals surface area contributed by atoms with Crippen LogP contribution in [0.3, 0.4) is 0 Å². The van der Waals surface area contributed by atoms with Crippen LogP contribution in [0.25, 0.3) is 11.1 Å². The normalized spacial score (nSPS) is 11.8. The lowest BCUT2D eigenvalue weighted by atomic mass is 10.0. The summed E-state index contributed by atoms with van der Waals surface area (Å²) in [6.45, 7) is 0. The van der Waals surface area contributed by atoms with Gasteiger partial charge in [0.05, 0.1) is 5.56 Å². The molecule has 20 heavy (non-hydrogen) atoms. The van der Waals surface area contributed by atoms with Crippen molar-refractivity contribution in [2.45, 2.75) is 6.18 Å². The Kier molecular flexibility index (Phi) is 4.20. The van der Waals surface area contributed by atoms with Gasteiger partial charge >= 0.3 is 6.18 Å². The SMILES string of the molecule is Fc1cc(F)c(-c2cc(C(F)(F)F)ccc2Br)c(Br)c1. The maximum atomic E-state index is 13.8. The lowest BCUT2D eigenvalue weighted by Gasteiger charge is -2.13. The molecule has 7 heteroatoms. The molecule has 0 bridgehead atoms. The van der Waals surface area contributed by atoms with Gasteiger partial charge in [-0.2, -0.15) is 13.2 Å². The summed E-state index contributed by atoms with van der Waals surface area (Å²) in [4.78, 5) is 0. The van der Waals surface area contributed by atoms with Crippen molar-refractivity contribution < 1.29 is 22.0 Å². The standard InChI is InChI=1S/C13H5Br2F5/c14-9-2-1-6(13(18,19)20)3-8(9)12-10(15)4-7(16)5-11(12)17/h1-5H. The van der Waals surface area contributed by atoms with Crippen molar-refractivity contribution in [1.82, 2.24) is 0 Å². The molecule has 2 aromatic carbocycles. The Balaban J connectivity index is 2.70. The lowest BCUT2D eigenvalue weighted by molar-refractivity contribution is -0.137. The molecule has 0 aliphatic rings. The van der Waals surface area contributed by atoms with Crippen molar-refractivity contribution >= 4 is 31.9 Å². The molecule has 0 heterocycles. The van der Waals surface area contributed by atoms with Crippen LogP contribution in [0, 0.1) is 11.6 Å². The molecule has 0 N–H and O–H groups in total. The van der Waals surface area contributed by atoms with Crippen molar-refractivity contribution in [3.8, 4) is 11.1 Å². The summed E-state index contributed by atoms with van der Waals surface area (Å²) in [5.74, 6) is -1.77. The first-order chi connectivity index (χ1) is 9.20. The molecule has 0 aliphatic heterocycles. The van der Waals surface area contributed by atoms with Gasteiger partial charge in [-0.25, -0.2) is 8.78 Å². The fraction of sp³-hybridized carbons (Fsp3) is 0.0769. The zero-order valence-corrected chi connectivity index (χ0v) is 12.7. The van der Waals surface area contributed by atoms with E-state index >= 15 is 0 Å². The predicted octanol–water partition coefficient (Wildman–Crippen LogP) is 6.18. The van der Waals surface area contributed by atoms with E-state index in [1.807, 2.05) is 0 Å². The molecule has 0 saturated carbocycles. The van der Waals surface area contributed by atoms with Crippen LogP contribution in [0.1, 0.15) is 5.56 Å². The quantitative estimate of drug-likeness (QED) is 0.488. The zero-order valence-electron chi connectivity index (χ0n) is 9.53. The molecule has 0 aromatic heterocycles. The van der Waals surface area contributed by atoms with Crippen LogP contribution >= 0.6 is 31.9 Å². The summed E-state index contributed by atoms with van der Waals surface area (Å²) in [6.07, 6.45) is -4.54. The summed E-state index contributed by atoms with van der Waals surface area (Å²) in [5.41, 5.74) is -1.06. The molecule has 2 aromatic rings. The van der Waals surface area contributed by atoms with E-state index in [0.29, 0.717) is 6.07 Å². The van der Waals surface area contributed by atoms with Crippen molar-refractivity contribution in [3.63, 3.8) is 0 Å². The Hall–Kier alpha value is -0.950. The topological polar surface area (TPSA) is 0 Å². The van der Waals surface area contributed by atoms with Crippen LogP contribution < -0.4 is 0 Å². The Morgan fingerprint density at radius 2 is 1.50 bits per heavy atom. The minimum atomic E-state index is -4.54. The summed E-state index contributed by atoms with van der Waals surface area (Å²) in [5, 5.41) is 0. The highest BCUT2D eigenvalue weighted by molar-refractivity contribution is 9.11. The van der Waals surface area contributed by atoms with Crippen LogP contribution in [0.5, 0.6) is 0 Å². The van der Waals surface area contributed by atoms with Gasteiger partial charge in [-0.1, -0.05) is 15.9 Å². The van der Waals surface area contributed by atoms with Gasteiger partial charge in [0.25, 0.3) is 0 Å².